The van der Waals surface area contributed by atoms with Crippen molar-refractivity contribution in [2.45, 2.75) is 0 Å². The molecule has 1 N–H and O–H groups in total. The Morgan fingerprint density at radius 1 is 1.60 bits per heavy atom. The summed E-state index contributed by atoms with van der Waals surface area (Å²) in [6.07, 6.45) is 6.93. The van der Waals surface area contributed by atoms with Gasteiger partial charge in [0.15, 0.2) is 0 Å². The van der Waals surface area contributed by atoms with Gasteiger partial charge in [0.2, 0.25) is 0 Å². The van der Waals surface area contributed by atoms with Gasteiger partial charge in [-0.2, -0.15) is 0 Å². The lowest BCUT2D eigenvalue weighted by Crippen LogP contribution is -1.91. The second-order valence-corrected chi connectivity index (χ2v) is 1.76. The number of hydrogen-bond donors (Lipinski definition) is 1. The third kappa shape index (κ3) is 1.85. The average molecular weight is 135 g/mol. The Morgan fingerprint density at radius 3 is 3.10 bits per heavy atom. The number of hydrogen-bond acceptors (Lipinski definition) is 3. The van der Waals surface area contributed by atoms with Gasteiger partial charge < -0.3 is 5.32 Å². The number of aromatic nitrogens is 2. The van der Waals surface area contributed by atoms with E-state index in [1.807, 2.05) is 25.4 Å². The molecule has 0 aliphatic carbocycles. The summed E-state index contributed by atoms with van der Waals surface area (Å²) in [6.45, 7) is 0. The van der Waals surface area contributed by atoms with Gasteiger partial charge in [0.1, 0.15) is 6.33 Å². The molecule has 3 nitrogen and oxygen atoms in total. The Hall–Kier alpha value is -1.38. The summed E-state index contributed by atoms with van der Waals surface area (Å²) in [6, 6.07) is 1.84. The molecule has 0 amide bonds. The van der Waals surface area contributed by atoms with Crippen molar-refractivity contribution in [1.29, 1.82) is 0 Å². The molecule has 0 aliphatic heterocycles. The second kappa shape index (κ2) is 3.61. The first kappa shape index (κ1) is 6.74. The van der Waals surface area contributed by atoms with Crippen LogP contribution in [0.5, 0.6) is 0 Å². The van der Waals surface area contributed by atoms with E-state index in [4.69, 9.17) is 0 Å². The zero-order valence-electron chi connectivity index (χ0n) is 5.78. The van der Waals surface area contributed by atoms with Crippen molar-refractivity contribution >= 4 is 6.08 Å². The van der Waals surface area contributed by atoms with E-state index in [2.05, 4.69) is 15.3 Å². The maximum atomic E-state index is 3.98. The molecular formula is C7H9N3. The van der Waals surface area contributed by atoms with Crippen molar-refractivity contribution < 1.29 is 0 Å². The van der Waals surface area contributed by atoms with Crippen LogP contribution in [0.25, 0.3) is 6.08 Å². The van der Waals surface area contributed by atoms with Gasteiger partial charge in [-0.15, -0.1) is 0 Å². The molecule has 0 aliphatic rings. The van der Waals surface area contributed by atoms with Gasteiger partial charge in [0, 0.05) is 13.2 Å². The van der Waals surface area contributed by atoms with Crippen LogP contribution < -0.4 is 5.32 Å². The van der Waals surface area contributed by atoms with E-state index in [9.17, 15) is 0 Å². The fourth-order valence-corrected chi connectivity index (χ4v) is 0.568. The first-order valence-corrected chi connectivity index (χ1v) is 3.03. The molecule has 0 saturated carbocycles. The van der Waals surface area contributed by atoms with Crippen LogP contribution in [0, 0.1) is 0 Å². The van der Waals surface area contributed by atoms with Gasteiger partial charge in [-0.25, -0.2) is 9.97 Å². The highest BCUT2D eigenvalue weighted by atomic mass is 14.8. The molecule has 0 aromatic carbocycles. The van der Waals surface area contributed by atoms with Gasteiger partial charge >= 0.3 is 0 Å². The molecule has 0 unspecified atom stereocenters. The molecule has 0 saturated heterocycles. The Labute approximate surface area is 59.8 Å². The highest BCUT2D eigenvalue weighted by Crippen LogP contribution is 1.91. The van der Waals surface area contributed by atoms with Crippen LogP contribution in [0.1, 0.15) is 5.69 Å². The molecule has 1 aromatic rings. The Kier molecular flexibility index (Phi) is 2.43. The van der Waals surface area contributed by atoms with Gasteiger partial charge in [0.05, 0.1) is 5.69 Å². The summed E-state index contributed by atoms with van der Waals surface area (Å²) in [7, 11) is 1.84. The van der Waals surface area contributed by atoms with Crippen molar-refractivity contribution in [2.75, 3.05) is 7.05 Å². The molecule has 1 aromatic heterocycles. The minimum atomic E-state index is 0.907. The largest absolute Gasteiger partial charge is 0.394 e. The summed E-state index contributed by atoms with van der Waals surface area (Å²) in [5, 5.41) is 2.88. The highest BCUT2D eigenvalue weighted by Gasteiger charge is 1.81. The van der Waals surface area contributed by atoms with E-state index in [0.717, 1.165) is 5.69 Å². The SMILES string of the molecule is CN/C=C\c1ccncn1. The van der Waals surface area contributed by atoms with Crippen molar-refractivity contribution in [2.24, 2.45) is 0 Å². The van der Waals surface area contributed by atoms with Crippen LogP contribution >= 0.6 is 0 Å². The lowest BCUT2D eigenvalue weighted by atomic mass is 10.4. The predicted molar refractivity (Wildman–Crippen MR) is 40.1 cm³/mol. The maximum absolute atomic E-state index is 3.98. The van der Waals surface area contributed by atoms with E-state index in [-0.39, 0.29) is 0 Å². The standard InChI is InChI=1S/C7H9N3/c1-8-4-2-7-3-5-9-6-10-7/h2-6,8H,1H3/b4-2-. The fraction of sp³-hybridized carbons (Fsp3) is 0.143. The van der Waals surface area contributed by atoms with Crippen LogP contribution in [-0.2, 0) is 0 Å². The van der Waals surface area contributed by atoms with Crippen LogP contribution in [0.15, 0.2) is 24.8 Å². The monoisotopic (exact) mass is 135 g/mol. The van der Waals surface area contributed by atoms with E-state index < -0.39 is 0 Å². The number of nitrogens with zero attached hydrogens (tertiary/aromatic N) is 2. The zero-order chi connectivity index (χ0) is 7.23. The Bertz CT molecular complexity index is 205. The first-order chi connectivity index (χ1) is 4.93. The summed E-state index contributed by atoms with van der Waals surface area (Å²) >= 11 is 0. The van der Waals surface area contributed by atoms with Crippen molar-refractivity contribution in [3.8, 4) is 0 Å². The molecule has 10 heavy (non-hydrogen) atoms. The second-order valence-electron chi connectivity index (χ2n) is 1.76. The van der Waals surface area contributed by atoms with E-state index in [1.165, 1.54) is 6.33 Å². The van der Waals surface area contributed by atoms with Gasteiger partial charge in [-0.05, 0) is 18.3 Å². The molecule has 0 atom stereocenters. The third-order valence-electron chi connectivity index (χ3n) is 1.03. The van der Waals surface area contributed by atoms with E-state index in [0.29, 0.717) is 0 Å². The average Bonchev–Trinajstić information content (AvgIpc) is 2.03. The van der Waals surface area contributed by atoms with Gasteiger partial charge in [0.25, 0.3) is 0 Å². The first-order valence-electron chi connectivity index (χ1n) is 3.03. The topological polar surface area (TPSA) is 37.8 Å². The van der Waals surface area contributed by atoms with Gasteiger partial charge in [-0.1, -0.05) is 0 Å². The number of rotatable bonds is 2. The Balaban J connectivity index is 2.67. The smallest absolute Gasteiger partial charge is 0.115 e. The van der Waals surface area contributed by atoms with Crippen molar-refractivity contribution in [3.63, 3.8) is 0 Å². The third-order valence-corrected chi connectivity index (χ3v) is 1.03. The molecule has 3 heteroatoms. The zero-order valence-corrected chi connectivity index (χ0v) is 5.78. The van der Waals surface area contributed by atoms with E-state index in [1.54, 1.807) is 6.20 Å². The summed E-state index contributed by atoms with van der Waals surface area (Å²) in [4.78, 5) is 7.77. The molecule has 0 fully saturated rings. The molecule has 52 valence electrons. The summed E-state index contributed by atoms with van der Waals surface area (Å²) in [5.41, 5.74) is 0.907. The van der Waals surface area contributed by atoms with E-state index >= 15 is 0 Å². The minimum Gasteiger partial charge on any atom is -0.394 e. The maximum Gasteiger partial charge on any atom is 0.115 e. The minimum absolute atomic E-state index is 0.907. The Morgan fingerprint density at radius 2 is 2.50 bits per heavy atom. The normalized spacial score (nSPS) is 10.1. The van der Waals surface area contributed by atoms with Crippen LogP contribution in [0.4, 0.5) is 0 Å². The molecule has 0 bridgehead atoms. The lowest BCUT2D eigenvalue weighted by Gasteiger charge is -1.88. The van der Waals surface area contributed by atoms with Crippen LogP contribution in [0.2, 0.25) is 0 Å². The quantitative estimate of drug-likeness (QED) is 0.647. The number of nitrogens with one attached hydrogen (secondary N) is 1. The van der Waals surface area contributed by atoms with Crippen molar-refractivity contribution in [1.82, 2.24) is 15.3 Å². The molecule has 1 heterocycles. The molecule has 1 rings (SSSR count). The van der Waals surface area contributed by atoms with Crippen LogP contribution in [-0.4, -0.2) is 17.0 Å². The van der Waals surface area contributed by atoms with Crippen LogP contribution in [0.3, 0.4) is 0 Å². The molecular weight excluding hydrogens is 126 g/mol. The molecule has 0 spiro atoms. The van der Waals surface area contributed by atoms with Gasteiger partial charge in [-0.3, -0.25) is 0 Å². The highest BCUT2D eigenvalue weighted by molar-refractivity contribution is 5.42. The summed E-state index contributed by atoms with van der Waals surface area (Å²) < 4.78 is 0. The predicted octanol–water partition coefficient (Wildman–Crippen LogP) is 0.667. The van der Waals surface area contributed by atoms with Crippen molar-refractivity contribution in [3.05, 3.63) is 30.5 Å². The fourth-order valence-electron chi connectivity index (χ4n) is 0.568. The summed E-state index contributed by atoms with van der Waals surface area (Å²) in [5.74, 6) is 0. The lowest BCUT2D eigenvalue weighted by molar-refractivity contribution is 1.10. The molecule has 0 radical (unpaired) electrons.